The Balaban J connectivity index is 1.66. The van der Waals surface area contributed by atoms with Crippen LogP contribution in [0.3, 0.4) is 0 Å². The van der Waals surface area contributed by atoms with Crippen LogP contribution in [0.15, 0.2) is 77.9 Å². The number of carbonyl (C=O) groups excluding carboxylic acids is 1. The minimum absolute atomic E-state index is 0.229. The molecule has 0 spiro atoms. The Hall–Kier alpha value is -4.13. The van der Waals surface area contributed by atoms with Crippen LogP contribution in [0.25, 0.3) is 16.6 Å². The standard InChI is InChI=1S/C23H19N3O4/c1-29-18-7-3-5-16(12-18)25-22(27)15-9-10-20-21(11-15)24-14-26(23(20)28)17-6-4-8-19(13-17)30-2/h3-14H,1-2H3,(H,25,27). The van der Waals surface area contributed by atoms with Gasteiger partial charge in [0.2, 0.25) is 0 Å². The van der Waals surface area contributed by atoms with E-state index in [4.69, 9.17) is 9.47 Å². The molecule has 0 aliphatic carbocycles. The van der Waals surface area contributed by atoms with Crippen molar-refractivity contribution in [3.63, 3.8) is 0 Å². The summed E-state index contributed by atoms with van der Waals surface area (Å²) in [4.78, 5) is 29.9. The van der Waals surface area contributed by atoms with Crippen LogP contribution >= 0.6 is 0 Å². The fourth-order valence-corrected chi connectivity index (χ4v) is 3.11. The number of methoxy groups -OCH3 is 2. The molecule has 1 aromatic heterocycles. The molecule has 0 fully saturated rings. The maximum atomic E-state index is 12.9. The van der Waals surface area contributed by atoms with Crippen LogP contribution in [0.2, 0.25) is 0 Å². The van der Waals surface area contributed by atoms with Crippen LogP contribution in [0.1, 0.15) is 10.4 Å². The third-order valence-electron chi connectivity index (χ3n) is 4.68. The Morgan fingerprint density at radius 2 is 1.67 bits per heavy atom. The number of nitrogens with one attached hydrogen (secondary N) is 1. The maximum absolute atomic E-state index is 12.9. The highest BCUT2D eigenvalue weighted by atomic mass is 16.5. The molecule has 30 heavy (non-hydrogen) atoms. The number of hydrogen-bond donors (Lipinski definition) is 1. The first-order chi connectivity index (χ1) is 14.6. The van der Waals surface area contributed by atoms with Gasteiger partial charge in [0.15, 0.2) is 0 Å². The van der Waals surface area contributed by atoms with Crippen molar-refractivity contribution in [2.24, 2.45) is 0 Å². The molecule has 0 atom stereocenters. The highest BCUT2D eigenvalue weighted by molar-refractivity contribution is 6.06. The van der Waals surface area contributed by atoms with E-state index in [1.807, 2.05) is 0 Å². The zero-order valence-electron chi connectivity index (χ0n) is 16.5. The van der Waals surface area contributed by atoms with E-state index < -0.39 is 0 Å². The minimum atomic E-state index is -0.302. The van der Waals surface area contributed by atoms with E-state index >= 15 is 0 Å². The molecular formula is C23H19N3O4. The molecule has 0 aliphatic heterocycles. The van der Waals surface area contributed by atoms with Crippen LogP contribution in [-0.2, 0) is 0 Å². The topological polar surface area (TPSA) is 82.5 Å². The minimum Gasteiger partial charge on any atom is -0.497 e. The first kappa shape index (κ1) is 19.2. The second kappa shape index (κ2) is 8.08. The summed E-state index contributed by atoms with van der Waals surface area (Å²) in [6.07, 6.45) is 1.45. The van der Waals surface area contributed by atoms with E-state index in [0.29, 0.717) is 39.3 Å². The molecule has 0 radical (unpaired) electrons. The van der Waals surface area contributed by atoms with Gasteiger partial charge in [-0.05, 0) is 42.5 Å². The molecule has 150 valence electrons. The molecular weight excluding hydrogens is 382 g/mol. The number of hydrogen-bond acceptors (Lipinski definition) is 5. The molecule has 7 heteroatoms. The van der Waals surface area contributed by atoms with E-state index in [1.54, 1.807) is 80.9 Å². The highest BCUT2D eigenvalue weighted by Crippen LogP contribution is 2.19. The lowest BCUT2D eigenvalue weighted by molar-refractivity contribution is 0.102. The van der Waals surface area contributed by atoms with Gasteiger partial charge in [-0.15, -0.1) is 0 Å². The summed E-state index contributed by atoms with van der Waals surface area (Å²) in [5, 5.41) is 3.23. The summed E-state index contributed by atoms with van der Waals surface area (Å²) in [6, 6.07) is 19.1. The van der Waals surface area contributed by atoms with Crippen molar-refractivity contribution in [2.75, 3.05) is 19.5 Å². The smallest absolute Gasteiger partial charge is 0.265 e. The number of anilines is 1. The van der Waals surface area contributed by atoms with Crippen molar-refractivity contribution in [3.05, 3.63) is 89.0 Å². The molecule has 0 unspecified atom stereocenters. The number of benzene rings is 3. The van der Waals surface area contributed by atoms with Gasteiger partial charge in [0.1, 0.15) is 17.8 Å². The predicted molar refractivity (Wildman–Crippen MR) is 115 cm³/mol. The SMILES string of the molecule is COc1cccc(NC(=O)c2ccc3c(=O)n(-c4cccc(OC)c4)cnc3c2)c1. The molecule has 0 saturated carbocycles. The fourth-order valence-electron chi connectivity index (χ4n) is 3.11. The Morgan fingerprint density at radius 1 is 0.933 bits per heavy atom. The quantitative estimate of drug-likeness (QED) is 0.552. The molecule has 1 amide bonds. The van der Waals surface area contributed by atoms with Crippen molar-refractivity contribution < 1.29 is 14.3 Å². The van der Waals surface area contributed by atoms with Crippen LogP contribution in [0, 0.1) is 0 Å². The van der Waals surface area contributed by atoms with Gasteiger partial charge in [0.05, 0.1) is 30.8 Å². The third-order valence-corrected chi connectivity index (χ3v) is 4.68. The van der Waals surface area contributed by atoms with Gasteiger partial charge in [-0.3, -0.25) is 14.2 Å². The molecule has 3 aromatic carbocycles. The van der Waals surface area contributed by atoms with Gasteiger partial charge in [-0.25, -0.2) is 4.98 Å². The van der Waals surface area contributed by atoms with Crippen molar-refractivity contribution in [3.8, 4) is 17.2 Å². The summed E-state index contributed by atoms with van der Waals surface area (Å²) < 4.78 is 11.8. The number of ether oxygens (including phenoxy) is 2. The highest BCUT2D eigenvalue weighted by Gasteiger charge is 2.11. The van der Waals surface area contributed by atoms with E-state index in [1.165, 1.54) is 10.9 Å². The average molecular weight is 401 g/mol. The largest absolute Gasteiger partial charge is 0.497 e. The first-order valence-electron chi connectivity index (χ1n) is 9.20. The van der Waals surface area contributed by atoms with E-state index in [0.717, 1.165) is 0 Å². The molecule has 1 heterocycles. The van der Waals surface area contributed by atoms with Crippen LogP contribution in [-0.4, -0.2) is 29.7 Å². The van der Waals surface area contributed by atoms with Gasteiger partial charge in [0.25, 0.3) is 11.5 Å². The summed E-state index contributed by atoms with van der Waals surface area (Å²) in [5.41, 5.74) is 1.87. The lowest BCUT2D eigenvalue weighted by atomic mass is 10.1. The number of amides is 1. The predicted octanol–water partition coefficient (Wildman–Crippen LogP) is 3.66. The van der Waals surface area contributed by atoms with Gasteiger partial charge < -0.3 is 14.8 Å². The Kier molecular flexibility index (Phi) is 5.17. The number of nitrogens with zero attached hydrogens (tertiary/aromatic N) is 2. The van der Waals surface area contributed by atoms with Gasteiger partial charge in [-0.1, -0.05) is 12.1 Å². The zero-order valence-corrected chi connectivity index (χ0v) is 16.5. The fraction of sp³-hybridized carbons (Fsp3) is 0.0870. The lowest BCUT2D eigenvalue weighted by Crippen LogP contribution is -2.19. The molecule has 4 aromatic rings. The average Bonchev–Trinajstić information content (AvgIpc) is 2.79. The monoisotopic (exact) mass is 401 g/mol. The molecule has 0 aliphatic rings. The van der Waals surface area contributed by atoms with Crippen molar-refractivity contribution >= 4 is 22.5 Å². The Bertz CT molecular complexity index is 1300. The molecule has 0 bridgehead atoms. The normalized spacial score (nSPS) is 10.6. The molecule has 7 nitrogen and oxygen atoms in total. The summed E-state index contributed by atoms with van der Waals surface area (Å²) in [5.74, 6) is 0.985. The molecule has 0 saturated heterocycles. The number of fused-ring (bicyclic) bond motifs is 1. The van der Waals surface area contributed by atoms with E-state index in [9.17, 15) is 9.59 Å². The summed E-state index contributed by atoms with van der Waals surface area (Å²) >= 11 is 0. The molecule has 1 N–H and O–H groups in total. The second-order valence-corrected chi connectivity index (χ2v) is 6.54. The lowest BCUT2D eigenvalue weighted by Gasteiger charge is -2.10. The summed E-state index contributed by atoms with van der Waals surface area (Å²) in [7, 11) is 3.13. The van der Waals surface area contributed by atoms with Crippen molar-refractivity contribution in [1.29, 1.82) is 0 Å². The maximum Gasteiger partial charge on any atom is 0.265 e. The first-order valence-corrected chi connectivity index (χ1v) is 9.20. The molecule has 4 rings (SSSR count). The number of rotatable bonds is 5. The second-order valence-electron chi connectivity index (χ2n) is 6.54. The number of aromatic nitrogens is 2. The van der Waals surface area contributed by atoms with E-state index in [-0.39, 0.29) is 11.5 Å². The summed E-state index contributed by atoms with van der Waals surface area (Å²) in [6.45, 7) is 0. The zero-order chi connectivity index (χ0) is 21.1. The third kappa shape index (κ3) is 3.73. The van der Waals surface area contributed by atoms with Crippen molar-refractivity contribution in [2.45, 2.75) is 0 Å². The number of carbonyl (C=O) groups is 1. The van der Waals surface area contributed by atoms with Gasteiger partial charge in [-0.2, -0.15) is 0 Å². The van der Waals surface area contributed by atoms with Gasteiger partial charge >= 0.3 is 0 Å². The van der Waals surface area contributed by atoms with Gasteiger partial charge in [0, 0.05) is 23.4 Å². The Labute approximate surface area is 172 Å². The van der Waals surface area contributed by atoms with Crippen LogP contribution < -0.4 is 20.3 Å². The Morgan fingerprint density at radius 3 is 2.43 bits per heavy atom. The van der Waals surface area contributed by atoms with E-state index in [2.05, 4.69) is 10.3 Å². The van der Waals surface area contributed by atoms with Crippen molar-refractivity contribution in [1.82, 2.24) is 9.55 Å². The van der Waals surface area contributed by atoms with Crippen LogP contribution in [0.4, 0.5) is 5.69 Å². The van der Waals surface area contributed by atoms with Crippen LogP contribution in [0.5, 0.6) is 11.5 Å².